The van der Waals surface area contributed by atoms with Gasteiger partial charge in [-0.2, -0.15) is 0 Å². The summed E-state index contributed by atoms with van der Waals surface area (Å²) in [6, 6.07) is -0.306. The van der Waals surface area contributed by atoms with E-state index in [1.165, 1.54) is 9.80 Å². The van der Waals surface area contributed by atoms with Crippen molar-refractivity contribution in [2.75, 3.05) is 13.1 Å². The summed E-state index contributed by atoms with van der Waals surface area (Å²) in [7, 11) is 0. The molecule has 0 saturated carbocycles. The average Bonchev–Trinajstić information content (AvgIpc) is 2.25. The summed E-state index contributed by atoms with van der Waals surface area (Å²) in [5, 5.41) is 18.7. The van der Waals surface area contributed by atoms with Crippen molar-refractivity contribution in [1.82, 2.24) is 9.80 Å². The van der Waals surface area contributed by atoms with Gasteiger partial charge in [-0.1, -0.05) is 0 Å². The third kappa shape index (κ3) is 1.15. The number of hydrogen-bond acceptors (Lipinski definition) is 3. The van der Waals surface area contributed by atoms with Gasteiger partial charge >= 0.3 is 6.03 Å². The van der Waals surface area contributed by atoms with Crippen LogP contribution in [-0.2, 0) is 0 Å². The van der Waals surface area contributed by atoms with E-state index < -0.39 is 12.5 Å². The second-order valence-electron chi connectivity index (χ2n) is 2.68. The lowest BCUT2D eigenvalue weighted by molar-refractivity contribution is -0.0639. The molecule has 0 aromatic carbocycles. The van der Waals surface area contributed by atoms with Crippen molar-refractivity contribution < 1.29 is 15.0 Å². The van der Waals surface area contributed by atoms with E-state index in [1.54, 1.807) is 13.8 Å². The fourth-order valence-electron chi connectivity index (χ4n) is 1.36. The van der Waals surface area contributed by atoms with Crippen molar-refractivity contribution in [3.05, 3.63) is 0 Å². The molecular formula is C7H14N2O3. The summed E-state index contributed by atoms with van der Waals surface area (Å²) >= 11 is 0. The number of likely N-dealkylation sites (N-methyl/N-ethyl adjacent to an activating group) is 2. The van der Waals surface area contributed by atoms with Crippen molar-refractivity contribution >= 4 is 6.03 Å². The molecule has 0 spiro atoms. The van der Waals surface area contributed by atoms with Crippen LogP contribution in [-0.4, -0.2) is 51.6 Å². The molecule has 1 aliphatic rings. The Hall–Kier alpha value is -0.810. The predicted octanol–water partition coefficient (Wildman–Crippen LogP) is -0.599. The van der Waals surface area contributed by atoms with Gasteiger partial charge in [-0.15, -0.1) is 0 Å². The standard InChI is InChI=1S/C7H14N2O3/c1-3-8-5(10)6(11)9(4-2)7(8)12/h5-6,10-11H,3-4H2,1-2H3/t5-,6+. The maximum Gasteiger partial charge on any atom is 0.324 e. The van der Waals surface area contributed by atoms with Gasteiger partial charge in [0.15, 0.2) is 12.5 Å². The molecule has 0 aromatic rings. The van der Waals surface area contributed by atoms with Crippen LogP contribution in [0.2, 0.25) is 0 Å². The molecular weight excluding hydrogens is 160 g/mol. The topological polar surface area (TPSA) is 64.0 Å². The summed E-state index contributed by atoms with van der Waals surface area (Å²) < 4.78 is 0. The number of carbonyl (C=O) groups excluding carboxylic acids is 1. The Kier molecular flexibility index (Phi) is 2.54. The van der Waals surface area contributed by atoms with E-state index in [-0.39, 0.29) is 6.03 Å². The van der Waals surface area contributed by atoms with E-state index in [0.29, 0.717) is 13.1 Å². The van der Waals surface area contributed by atoms with Crippen LogP contribution >= 0.6 is 0 Å². The number of aliphatic hydroxyl groups is 2. The summed E-state index contributed by atoms with van der Waals surface area (Å²) in [5.74, 6) is 0. The fourth-order valence-corrected chi connectivity index (χ4v) is 1.36. The predicted molar refractivity (Wildman–Crippen MR) is 42.2 cm³/mol. The molecule has 1 rings (SSSR count). The van der Waals surface area contributed by atoms with Crippen LogP contribution in [0.3, 0.4) is 0 Å². The lowest BCUT2D eigenvalue weighted by Crippen LogP contribution is -2.36. The van der Waals surface area contributed by atoms with Gasteiger partial charge < -0.3 is 10.2 Å². The van der Waals surface area contributed by atoms with Crippen LogP contribution in [0, 0.1) is 0 Å². The third-order valence-electron chi connectivity index (χ3n) is 2.08. The molecule has 12 heavy (non-hydrogen) atoms. The average molecular weight is 174 g/mol. The molecule has 1 saturated heterocycles. The Morgan fingerprint density at radius 3 is 1.67 bits per heavy atom. The second kappa shape index (κ2) is 3.28. The van der Waals surface area contributed by atoms with Gasteiger partial charge in [0.2, 0.25) is 0 Å². The quantitative estimate of drug-likeness (QED) is 0.587. The molecule has 0 bridgehead atoms. The Morgan fingerprint density at radius 2 is 1.50 bits per heavy atom. The van der Waals surface area contributed by atoms with Gasteiger partial charge in [-0.25, -0.2) is 4.79 Å². The van der Waals surface area contributed by atoms with Crippen molar-refractivity contribution in [3.63, 3.8) is 0 Å². The molecule has 1 heterocycles. The van der Waals surface area contributed by atoms with Crippen LogP contribution in [0.15, 0.2) is 0 Å². The number of rotatable bonds is 2. The SMILES string of the molecule is CCN1C(=O)N(CC)[C@@H](O)[C@H]1O. The van der Waals surface area contributed by atoms with Crippen LogP contribution in [0.4, 0.5) is 4.79 Å². The van der Waals surface area contributed by atoms with E-state index in [4.69, 9.17) is 0 Å². The highest BCUT2D eigenvalue weighted by molar-refractivity contribution is 5.77. The highest BCUT2D eigenvalue weighted by Crippen LogP contribution is 2.18. The summed E-state index contributed by atoms with van der Waals surface area (Å²) in [5.41, 5.74) is 0. The zero-order valence-corrected chi connectivity index (χ0v) is 7.27. The maximum atomic E-state index is 11.3. The molecule has 2 amide bonds. The minimum Gasteiger partial charge on any atom is -0.369 e. The molecule has 70 valence electrons. The Morgan fingerprint density at radius 1 is 1.17 bits per heavy atom. The summed E-state index contributed by atoms with van der Waals surface area (Å²) in [6.07, 6.45) is -2.16. The number of aliphatic hydroxyl groups excluding tert-OH is 2. The highest BCUT2D eigenvalue weighted by atomic mass is 16.4. The number of urea groups is 1. The van der Waals surface area contributed by atoms with Crippen molar-refractivity contribution in [2.24, 2.45) is 0 Å². The fraction of sp³-hybridized carbons (Fsp3) is 0.857. The maximum absolute atomic E-state index is 11.3. The van der Waals surface area contributed by atoms with Crippen molar-refractivity contribution in [2.45, 2.75) is 26.3 Å². The first-order chi connectivity index (χ1) is 5.63. The van der Waals surface area contributed by atoms with E-state index in [9.17, 15) is 15.0 Å². The Labute approximate surface area is 71.2 Å². The minimum atomic E-state index is -1.08. The lowest BCUT2D eigenvalue weighted by atomic mass is 10.4. The number of nitrogens with zero attached hydrogens (tertiary/aromatic N) is 2. The van der Waals surface area contributed by atoms with Crippen LogP contribution in [0.5, 0.6) is 0 Å². The van der Waals surface area contributed by atoms with Crippen LogP contribution < -0.4 is 0 Å². The molecule has 0 unspecified atom stereocenters. The molecule has 2 atom stereocenters. The molecule has 5 nitrogen and oxygen atoms in total. The summed E-state index contributed by atoms with van der Waals surface area (Å²) in [6.45, 7) is 4.33. The third-order valence-corrected chi connectivity index (χ3v) is 2.08. The zero-order valence-electron chi connectivity index (χ0n) is 7.27. The Bertz CT molecular complexity index is 167. The normalized spacial score (nSPS) is 30.2. The number of amides is 2. The first-order valence-corrected chi connectivity index (χ1v) is 4.06. The van der Waals surface area contributed by atoms with Crippen LogP contribution in [0.1, 0.15) is 13.8 Å². The first-order valence-electron chi connectivity index (χ1n) is 4.06. The summed E-state index contributed by atoms with van der Waals surface area (Å²) in [4.78, 5) is 13.8. The van der Waals surface area contributed by atoms with Crippen molar-refractivity contribution in [3.8, 4) is 0 Å². The number of carbonyl (C=O) groups is 1. The van der Waals surface area contributed by atoms with Gasteiger partial charge in [-0.3, -0.25) is 9.80 Å². The molecule has 0 radical (unpaired) electrons. The van der Waals surface area contributed by atoms with E-state index in [2.05, 4.69) is 0 Å². The van der Waals surface area contributed by atoms with Crippen molar-refractivity contribution in [1.29, 1.82) is 0 Å². The molecule has 1 fully saturated rings. The highest BCUT2D eigenvalue weighted by Gasteiger charge is 2.41. The smallest absolute Gasteiger partial charge is 0.324 e. The molecule has 5 heteroatoms. The molecule has 2 N–H and O–H groups in total. The number of hydrogen-bond donors (Lipinski definition) is 2. The monoisotopic (exact) mass is 174 g/mol. The second-order valence-corrected chi connectivity index (χ2v) is 2.68. The zero-order chi connectivity index (χ0) is 9.30. The largest absolute Gasteiger partial charge is 0.369 e. The minimum absolute atomic E-state index is 0.306. The Balaban J connectivity index is 2.78. The first kappa shape index (κ1) is 9.28. The molecule has 0 aromatic heterocycles. The van der Waals surface area contributed by atoms with E-state index >= 15 is 0 Å². The molecule has 1 aliphatic heterocycles. The lowest BCUT2D eigenvalue weighted by Gasteiger charge is -2.16. The van der Waals surface area contributed by atoms with Gasteiger partial charge in [0.1, 0.15) is 0 Å². The van der Waals surface area contributed by atoms with Gasteiger partial charge in [0.05, 0.1) is 0 Å². The molecule has 0 aliphatic carbocycles. The van der Waals surface area contributed by atoms with E-state index in [1.807, 2.05) is 0 Å². The van der Waals surface area contributed by atoms with Crippen LogP contribution in [0.25, 0.3) is 0 Å². The van der Waals surface area contributed by atoms with E-state index in [0.717, 1.165) is 0 Å². The van der Waals surface area contributed by atoms with Gasteiger partial charge in [-0.05, 0) is 13.8 Å². The van der Waals surface area contributed by atoms with Gasteiger partial charge in [0, 0.05) is 13.1 Å². The van der Waals surface area contributed by atoms with Gasteiger partial charge in [0.25, 0.3) is 0 Å².